The van der Waals surface area contributed by atoms with Gasteiger partial charge in [0.25, 0.3) is 5.91 Å². The predicted octanol–water partition coefficient (Wildman–Crippen LogP) is 2.79. The number of hydrogen-bond acceptors (Lipinski definition) is 2. The van der Waals surface area contributed by atoms with Crippen molar-refractivity contribution < 1.29 is 9.21 Å². The molecule has 1 aliphatic heterocycles. The average molecular weight is 221 g/mol. The number of furan rings is 1. The first-order chi connectivity index (χ1) is 7.48. The molecule has 1 amide bonds. The van der Waals surface area contributed by atoms with Crippen molar-refractivity contribution >= 4 is 5.91 Å². The number of carbonyl (C=O) groups excluding carboxylic acids is 1. The number of likely N-dealkylation sites (tertiary alicyclic amines) is 1. The van der Waals surface area contributed by atoms with Crippen LogP contribution in [0.3, 0.4) is 0 Å². The normalized spacial score (nSPS) is 21.4. The fourth-order valence-electron chi connectivity index (χ4n) is 2.21. The number of nitrogens with zero attached hydrogens (tertiary/aromatic N) is 1. The van der Waals surface area contributed by atoms with Crippen LogP contribution in [0.4, 0.5) is 0 Å². The van der Waals surface area contributed by atoms with Crippen molar-refractivity contribution in [2.24, 2.45) is 11.3 Å². The Labute approximate surface area is 96.4 Å². The minimum absolute atomic E-state index is 0.0248. The highest BCUT2D eigenvalue weighted by Crippen LogP contribution is 2.34. The smallest absolute Gasteiger partial charge is 0.289 e. The maximum Gasteiger partial charge on any atom is 0.289 e. The zero-order chi connectivity index (χ0) is 11.8. The standard InChI is InChI=1S/C13H19NO2/c1-13(2,3)10-6-7-14(9-10)12(15)11-5-4-8-16-11/h4-5,8,10H,6-7,9H2,1-3H3. The van der Waals surface area contributed by atoms with Crippen LogP contribution in [-0.2, 0) is 0 Å². The summed E-state index contributed by atoms with van der Waals surface area (Å²) in [6.07, 6.45) is 2.64. The lowest BCUT2D eigenvalue weighted by Gasteiger charge is -2.26. The van der Waals surface area contributed by atoms with Gasteiger partial charge in [0, 0.05) is 13.1 Å². The van der Waals surface area contributed by atoms with Gasteiger partial charge < -0.3 is 9.32 Å². The van der Waals surface area contributed by atoms with Crippen LogP contribution in [0.25, 0.3) is 0 Å². The third-order valence-corrected chi connectivity index (χ3v) is 3.43. The quantitative estimate of drug-likeness (QED) is 0.730. The third-order valence-electron chi connectivity index (χ3n) is 3.43. The van der Waals surface area contributed by atoms with Gasteiger partial charge in [0.1, 0.15) is 0 Å². The zero-order valence-corrected chi connectivity index (χ0v) is 10.2. The summed E-state index contributed by atoms with van der Waals surface area (Å²) >= 11 is 0. The molecule has 0 saturated carbocycles. The second-order valence-corrected chi connectivity index (χ2v) is 5.58. The summed E-state index contributed by atoms with van der Waals surface area (Å²) in [6.45, 7) is 8.40. The van der Waals surface area contributed by atoms with E-state index >= 15 is 0 Å². The number of carbonyl (C=O) groups is 1. The van der Waals surface area contributed by atoms with E-state index in [1.807, 2.05) is 4.90 Å². The Hall–Kier alpha value is -1.25. The lowest BCUT2D eigenvalue weighted by atomic mass is 9.80. The first-order valence-electron chi connectivity index (χ1n) is 5.81. The molecule has 2 rings (SSSR count). The van der Waals surface area contributed by atoms with Crippen molar-refractivity contribution in [3.05, 3.63) is 24.2 Å². The summed E-state index contributed by atoms with van der Waals surface area (Å²) in [5.74, 6) is 1.07. The average Bonchev–Trinajstić information content (AvgIpc) is 2.87. The Balaban J connectivity index is 2.02. The lowest BCUT2D eigenvalue weighted by Crippen LogP contribution is -2.30. The summed E-state index contributed by atoms with van der Waals surface area (Å²) in [5.41, 5.74) is 0.276. The molecule has 16 heavy (non-hydrogen) atoms. The molecule has 1 saturated heterocycles. The molecular weight excluding hydrogens is 202 g/mol. The Morgan fingerprint density at radius 1 is 1.50 bits per heavy atom. The van der Waals surface area contributed by atoms with Gasteiger partial charge in [-0.1, -0.05) is 20.8 Å². The predicted molar refractivity (Wildman–Crippen MR) is 62.2 cm³/mol. The van der Waals surface area contributed by atoms with E-state index in [2.05, 4.69) is 20.8 Å². The van der Waals surface area contributed by atoms with Gasteiger partial charge >= 0.3 is 0 Å². The first kappa shape index (κ1) is 11.2. The number of hydrogen-bond donors (Lipinski definition) is 0. The lowest BCUT2D eigenvalue weighted by molar-refractivity contribution is 0.0745. The molecule has 0 radical (unpaired) electrons. The number of amides is 1. The van der Waals surface area contributed by atoms with Crippen molar-refractivity contribution in [1.82, 2.24) is 4.90 Å². The van der Waals surface area contributed by atoms with Gasteiger partial charge in [0.05, 0.1) is 6.26 Å². The van der Waals surface area contributed by atoms with E-state index in [1.54, 1.807) is 18.4 Å². The molecule has 0 aliphatic carbocycles. The molecule has 3 nitrogen and oxygen atoms in total. The van der Waals surface area contributed by atoms with E-state index in [0.29, 0.717) is 11.7 Å². The van der Waals surface area contributed by atoms with E-state index in [1.165, 1.54) is 0 Å². The van der Waals surface area contributed by atoms with Crippen molar-refractivity contribution in [2.45, 2.75) is 27.2 Å². The molecule has 2 heterocycles. The van der Waals surface area contributed by atoms with Crippen molar-refractivity contribution in [1.29, 1.82) is 0 Å². The molecule has 1 aliphatic rings. The molecule has 1 atom stereocenters. The highest BCUT2D eigenvalue weighted by molar-refractivity contribution is 5.91. The fraction of sp³-hybridized carbons (Fsp3) is 0.615. The van der Waals surface area contributed by atoms with E-state index in [-0.39, 0.29) is 11.3 Å². The van der Waals surface area contributed by atoms with Gasteiger partial charge in [-0.3, -0.25) is 4.79 Å². The van der Waals surface area contributed by atoms with Gasteiger partial charge in [-0.2, -0.15) is 0 Å². The van der Waals surface area contributed by atoms with E-state index in [0.717, 1.165) is 19.5 Å². The Morgan fingerprint density at radius 3 is 2.75 bits per heavy atom. The molecule has 0 aromatic carbocycles. The Morgan fingerprint density at radius 2 is 2.25 bits per heavy atom. The van der Waals surface area contributed by atoms with Crippen LogP contribution in [0.5, 0.6) is 0 Å². The van der Waals surface area contributed by atoms with Gasteiger partial charge in [-0.25, -0.2) is 0 Å². The molecule has 3 heteroatoms. The van der Waals surface area contributed by atoms with Crippen LogP contribution in [0, 0.1) is 11.3 Å². The van der Waals surface area contributed by atoms with Crippen molar-refractivity contribution in [3.8, 4) is 0 Å². The van der Waals surface area contributed by atoms with Gasteiger partial charge in [-0.15, -0.1) is 0 Å². The summed E-state index contributed by atoms with van der Waals surface area (Å²) in [7, 11) is 0. The summed E-state index contributed by atoms with van der Waals surface area (Å²) < 4.78 is 5.14. The highest BCUT2D eigenvalue weighted by atomic mass is 16.3. The van der Waals surface area contributed by atoms with Crippen LogP contribution < -0.4 is 0 Å². The summed E-state index contributed by atoms with van der Waals surface area (Å²) in [5, 5.41) is 0. The topological polar surface area (TPSA) is 33.5 Å². The SMILES string of the molecule is CC(C)(C)C1CCN(C(=O)c2ccco2)C1. The third kappa shape index (κ3) is 2.13. The molecule has 1 fully saturated rings. The number of rotatable bonds is 1. The second kappa shape index (κ2) is 3.96. The van der Waals surface area contributed by atoms with E-state index < -0.39 is 0 Å². The van der Waals surface area contributed by atoms with Gasteiger partial charge in [-0.05, 0) is 29.9 Å². The Bertz CT molecular complexity index is 362. The highest BCUT2D eigenvalue weighted by Gasteiger charge is 2.34. The van der Waals surface area contributed by atoms with Gasteiger partial charge in [0.15, 0.2) is 5.76 Å². The van der Waals surface area contributed by atoms with Crippen molar-refractivity contribution in [2.75, 3.05) is 13.1 Å². The molecular formula is C13H19NO2. The molecule has 1 aromatic heterocycles. The van der Waals surface area contributed by atoms with Crippen LogP contribution in [0.15, 0.2) is 22.8 Å². The maximum absolute atomic E-state index is 12.0. The van der Waals surface area contributed by atoms with E-state index in [9.17, 15) is 4.79 Å². The van der Waals surface area contributed by atoms with E-state index in [4.69, 9.17) is 4.42 Å². The van der Waals surface area contributed by atoms with Crippen LogP contribution in [0.1, 0.15) is 37.7 Å². The zero-order valence-electron chi connectivity index (χ0n) is 10.2. The summed E-state index contributed by atoms with van der Waals surface area (Å²) in [4.78, 5) is 13.9. The molecule has 0 bridgehead atoms. The maximum atomic E-state index is 12.0. The molecule has 0 N–H and O–H groups in total. The van der Waals surface area contributed by atoms with Gasteiger partial charge in [0.2, 0.25) is 0 Å². The second-order valence-electron chi connectivity index (χ2n) is 5.58. The molecule has 1 aromatic rings. The molecule has 1 unspecified atom stereocenters. The summed E-state index contributed by atoms with van der Waals surface area (Å²) in [6, 6.07) is 3.48. The van der Waals surface area contributed by atoms with Crippen LogP contribution >= 0.6 is 0 Å². The minimum Gasteiger partial charge on any atom is -0.459 e. The van der Waals surface area contributed by atoms with Crippen LogP contribution in [-0.4, -0.2) is 23.9 Å². The molecule has 0 spiro atoms. The Kier molecular flexibility index (Phi) is 2.78. The monoisotopic (exact) mass is 221 g/mol. The fourth-order valence-corrected chi connectivity index (χ4v) is 2.21. The van der Waals surface area contributed by atoms with Crippen molar-refractivity contribution in [3.63, 3.8) is 0 Å². The first-order valence-corrected chi connectivity index (χ1v) is 5.81. The molecule has 88 valence electrons. The minimum atomic E-state index is 0.0248. The largest absolute Gasteiger partial charge is 0.459 e. The van der Waals surface area contributed by atoms with Crippen LogP contribution in [0.2, 0.25) is 0 Å².